The van der Waals surface area contributed by atoms with Crippen molar-refractivity contribution in [2.75, 3.05) is 31.1 Å². The Morgan fingerprint density at radius 1 is 1.03 bits per heavy atom. The molecule has 1 aliphatic heterocycles. The lowest BCUT2D eigenvalue weighted by molar-refractivity contribution is -0.118. The number of hydrogen-bond acceptors (Lipinski definition) is 10. The second-order valence-corrected chi connectivity index (χ2v) is 9.31. The molecule has 35 heavy (non-hydrogen) atoms. The molecule has 0 aliphatic carbocycles. The van der Waals surface area contributed by atoms with E-state index in [4.69, 9.17) is 18.9 Å². The third kappa shape index (κ3) is 6.55. The average Bonchev–Trinajstić information content (AvgIpc) is 3.51. The molecule has 3 aromatic rings. The number of nitrogens with zero attached hydrogens (tertiary/aromatic N) is 2. The Morgan fingerprint density at radius 2 is 1.83 bits per heavy atom. The second kappa shape index (κ2) is 11.8. The maximum absolute atomic E-state index is 12.6. The van der Waals surface area contributed by atoms with Crippen molar-refractivity contribution in [3.8, 4) is 23.0 Å². The zero-order valence-electron chi connectivity index (χ0n) is 19.2. The van der Waals surface area contributed by atoms with Crippen LogP contribution in [-0.4, -0.2) is 47.8 Å². The first-order chi connectivity index (χ1) is 17.1. The van der Waals surface area contributed by atoms with Crippen molar-refractivity contribution >= 4 is 40.0 Å². The summed E-state index contributed by atoms with van der Waals surface area (Å²) in [6.07, 6.45) is 0. The molecule has 1 aromatic heterocycles. The fourth-order valence-corrected chi connectivity index (χ4v) is 4.69. The Hall–Kier alpha value is -3.51. The number of anilines is 1. The first-order valence-electron chi connectivity index (χ1n) is 10.9. The van der Waals surface area contributed by atoms with Crippen LogP contribution in [0.25, 0.3) is 0 Å². The number of carbonyl (C=O) groups excluding carboxylic acids is 2. The Morgan fingerprint density at radius 3 is 2.66 bits per heavy atom. The zero-order valence-corrected chi connectivity index (χ0v) is 20.8. The summed E-state index contributed by atoms with van der Waals surface area (Å²) >= 11 is 2.44. The highest BCUT2D eigenvalue weighted by atomic mass is 32.2. The lowest BCUT2D eigenvalue weighted by atomic mass is 10.2. The summed E-state index contributed by atoms with van der Waals surface area (Å²) in [4.78, 5) is 24.9. The van der Waals surface area contributed by atoms with E-state index in [0.29, 0.717) is 57.8 Å². The normalized spacial score (nSPS) is 11.7. The summed E-state index contributed by atoms with van der Waals surface area (Å²) in [6, 6.07) is 10.5. The van der Waals surface area contributed by atoms with Crippen LogP contribution in [0.4, 0.5) is 5.13 Å². The number of amides is 2. The van der Waals surface area contributed by atoms with E-state index in [-0.39, 0.29) is 24.4 Å². The molecule has 4 rings (SSSR count). The van der Waals surface area contributed by atoms with Gasteiger partial charge in [0.05, 0.1) is 19.0 Å². The molecule has 2 aromatic carbocycles. The SMILES string of the molecule is CCOc1ccc(C(=O)Nc2nnc(SCC(=O)NCc3ccc4c(c3)OCO4)s2)cc1OCC. The summed E-state index contributed by atoms with van der Waals surface area (Å²) in [5, 5.41) is 14.0. The van der Waals surface area contributed by atoms with Crippen LogP contribution in [0.1, 0.15) is 29.8 Å². The predicted molar refractivity (Wildman–Crippen MR) is 132 cm³/mol. The quantitative estimate of drug-likeness (QED) is 0.290. The standard InChI is InChI=1S/C23H24N4O6S2/c1-3-30-16-8-6-15(10-19(16)31-4-2)21(29)25-22-26-27-23(35-22)34-12-20(28)24-11-14-5-7-17-18(9-14)33-13-32-17/h5-10H,3-4,11-13H2,1-2H3,(H,24,28)(H,25,26,29). The van der Waals surface area contributed by atoms with Crippen molar-refractivity contribution in [1.29, 1.82) is 0 Å². The number of aromatic nitrogens is 2. The molecule has 0 spiro atoms. The molecule has 0 unspecified atom stereocenters. The number of thioether (sulfide) groups is 1. The highest BCUT2D eigenvalue weighted by molar-refractivity contribution is 8.01. The average molecular weight is 517 g/mol. The Balaban J connectivity index is 1.26. The number of benzene rings is 2. The minimum Gasteiger partial charge on any atom is -0.490 e. The van der Waals surface area contributed by atoms with Crippen molar-refractivity contribution in [2.45, 2.75) is 24.7 Å². The molecular formula is C23H24N4O6S2. The molecule has 0 saturated heterocycles. The Kier molecular flexibility index (Phi) is 8.27. The highest BCUT2D eigenvalue weighted by Gasteiger charge is 2.16. The number of hydrogen-bond donors (Lipinski definition) is 2. The smallest absolute Gasteiger partial charge is 0.257 e. The van der Waals surface area contributed by atoms with Crippen molar-refractivity contribution in [2.24, 2.45) is 0 Å². The molecule has 0 saturated carbocycles. The first-order valence-corrected chi connectivity index (χ1v) is 12.7. The van der Waals surface area contributed by atoms with E-state index in [1.165, 1.54) is 23.1 Å². The fraction of sp³-hybridized carbons (Fsp3) is 0.304. The van der Waals surface area contributed by atoms with E-state index in [2.05, 4.69) is 20.8 Å². The van der Waals surface area contributed by atoms with E-state index in [9.17, 15) is 9.59 Å². The summed E-state index contributed by atoms with van der Waals surface area (Å²) < 4.78 is 22.3. The molecule has 2 N–H and O–H groups in total. The third-order valence-corrected chi connectivity index (χ3v) is 6.66. The van der Waals surface area contributed by atoms with E-state index >= 15 is 0 Å². The molecule has 1 aliphatic rings. The lowest BCUT2D eigenvalue weighted by Gasteiger charge is -2.12. The van der Waals surface area contributed by atoms with Gasteiger partial charge < -0.3 is 24.3 Å². The maximum atomic E-state index is 12.6. The van der Waals surface area contributed by atoms with Gasteiger partial charge in [-0.05, 0) is 49.7 Å². The van der Waals surface area contributed by atoms with Gasteiger partial charge in [-0.25, -0.2) is 0 Å². The van der Waals surface area contributed by atoms with Gasteiger partial charge in [0.1, 0.15) is 0 Å². The highest BCUT2D eigenvalue weighted by Crippen LogP contribution is 2.33. The molecule has 10 nitrogen and oxygen atoms in total. The number of carbonyl (C=O) groups is 2. The van der Waals surface area contributed by atoms with Gasteiger partial charge in [0.15, 0.2) is 27.3 Å². The summed E-state index contributed by atoms with van der Waals surface area (Å²) in [5.74, 6) is 2.14. The minimum atomic E-state index is -0.344. The van der Waals surface area contributed by atoms with Crippen molar-refractivity contribution < 1.29 is 28.5 Å². The molecule has 0 fully saturated rings. The molecule has 2 amide bonds. The van der Waals surface area contributed by atoms with E-state index in [0.717, 1.165) is 5.56 Å². The van der Waals surface area contributed by atoms with Crippen LogP contribution in [0.2, 0.25) is 0 Å². The van der Waals surface area contributed by atoms with Crippen LogP contribution in [0, 0.1) is 0 Å². The molecule has 184 valence electrons. The largest absolute Gasteiger partial charge is 0.490 e. The van der Waals surface area contributed by atoms with Gasteiger partial charge >= 0.3 is 0 Å². The minimum absolute atomic E-state index is 0.147. The van der Waals surface area contributed by atoms with Gasteiger partial charge in [-0.2, -0.15) is 0 Å². The van der Waals surface area contributed by atoms with Crippen molar-refractivity contribution in [3.63, 3.8) is 0 Å². The van der Waals surface area contributed by atoms with Gasteiger partial charge in [0, 0.05) is 12.1 Å². The first kappa shape index (κ1) is 24.6. The molecule has 2 heterocycles. The summed E-state index contributed by atoms with van der Waals surface area (Å²) in [7, 11) is 0. The molecule has 0 radical (unpaired) electrons. The van der Waals surface area contributed by atoms with Crippen LogP contribution in [-0.2, 0) is 11.3 Å². The van der Waals surface area contributed by atoms with Gasteiger partial charge in [-0.15, -0.1) is 10.2 Å². The predicted octanol–water partition coefficient (Wildman–Crippen LogP) is 3.73. The maximum Gasteiger partial charge on any atom is 0.257 e. The third-order valence-electron chi connectivity index (χ3n) is 4.69. The van der Waals surface area contributed by atoms with Crippen LogP contribution < -0.4 is 29.6 Å². The number of fused-ring (bicyclic) bond motifs is 1. The Labute approximate surface area is 210 Å². The monoisotopic (exact) mass is 516 g/mol. The fourth-order valence-electron chi connectivity index (χ4n) is 3.11. The molecule has 0 bridgehead atoms. The van der Waals surface area contributed by atoms with Crippen LogP contribution in [0.3, 0.4) is 0 Å². The van der Waals surface area contributed by atoms with Gasteiger partial charge in [-0.3, -0.25) is 14.9 Å². The van der Waals surface area contributed by atoms with Crippen molar-refractivity contribution in [3.05, 3.63) is 47.5 Å². The topological polar surface area (TPSA) is 121 Å². The number of ether oxygens (including phenoxy) is 4. The van der Waals surface area contributed by atoms with Crippen molar-refractivity contribution in [1.82, 2.24) is 15.5 Å². The molecule has 0 atom stereocenters. The van der Waals surface area contributed by atoms with E-state index in [1.807, 2.05) is 32.0 Å². The van der Waals surface area contributed by atoms with E-state index in [1.54, 1.807) is 18.2 Å². The zero-order chi connectivity index (χ0) is 24.6. The van der Waals surface area contributed by atoms with E-state index < -0.39 is 0 Å². The molecule has 12 heteroatoms. The Bertz CT molecular complexity index is 1200. The van der Waals surface area contributed by atoms with Crippen LogP contribution in [0.15, 0.2) is 40.7 Å². The van der Waals surface area contributed by atoms with Gasteiger partial charge in [-0.1, -0.05) is 29.2 Å². The van der Waals surface area contributed by atoms with Crippen LogP contribution >= 0.6 is 23.1 Å². The number of rotatable bonds is 11. The summed E-state index contributed by atoms with van der Waals surface area (Å²) in [5.41, 5.74) is 1.32. The van der Waals surface area contributed by atoms with Crippen LogP contribution in [0.5, 0.6) is 23.0 Å². The second-order valence-electron chi connectivity index (χ2n) is 7.11. The summed E-state index contributed by atoms with van der Waals surface area (Å²) in [6.45, 7) is 5.27. The molecular weight excluding hydrogens is 492 g/mol. The van der Waals surface area contributed by atoms with Gasteiger partial charge in [0.25, 0.3) is 5.91 Å². The number of nitrogens with one attached hydrogen (secondary N) is 2. The lowest BCUT2D eigenvalue weighted by Crippen LogP contribution is -2.24. The van der Waals surface area contributed by atoms with Gasteiger partial charge in [0.2, 0.25) is 17.8 Å².